The molecule has 0 radical (unpaired) electrons. The molecule has 0 fully saturated rings. The highest BCUT2D eigenvalue weighted by molar-refractivity contribution is 7.90. The number of aromatic nitrogens is 1. The van der Waals surface area contributed by atoms with Crippen molar-refractivity contribution in [3.63, 3.8) is 0 Å². The summed E-state index contributed by atoms with van der Waals surface area (Å²) in [6, 6.07) is 19.7. The number of carbonyl (C=O) groups excluding carboxylic acids is 1. The van der Waals surface area contributed by atoms with Crippen LogP contribution in [-0.4, -0.2) is 43.7 Å². The molecule has 212 valence electrons. The van der Waals surface area contributed by atoms with Gasteiger partial charge in [0.1, 0.15) is 17.7 Å². The first-order valence-corrected chi connectivity index (χ1v) is 14.5. The summed E-state index contributed by atoms with van der Waals surface area (Å²) in [6.45, 7) is 0.972. The van der Waals surface area contributed by atoms with E-state index in [0.717, 1.165) is 47.4 Å². The summed E-state index contributed by atoms with van der Waals surface area (Å²) >= 11 is 0. The molecule has 1 aliphatic heterocycles. The standard InChI is InChI=1S/C30H29FN4O5S/c31-24-8-10-25(11-9-24)34-30(37)35-41(38,39)27-5-1-3-20(16-27)21-7-13-29-22(15-21)6-12-26(40-29)18-33-19-28(36)23-4-2-14-32-17-23/h1-5,7-11,13-17,26,28,33,36H,6,12,18-19H2,(H2,34,35,37)/t26-,28+/m1/s1. The van der Waals surface area contributed by atoms with Gasteiger partial charge in [-0.05, 0) is 84.1 Å². The molecular formula is C30H29FN4O5S. The minimum absolute atomic E-state index is 0.0463. The number of hydrogen-bond donors (Lipinski definition) is 4. The summed E-state index contributed by atoms with van der Waals surface area (Å²) in [6.07, 6.45) is 4.18. The number of benzene rings is 3. The third-order valence-corrected chi connectivity index (χ3v) is 8.00. The van der Waals surface area contributed by atoms with Crippen molar-refractivity contribution >= 4 is 21.7 Å². The van der Waals surface area contributed by atoms with Crippen LogP contribution in [0.3, 0.4) is 0 Å². The average molecular weight is 577 g/mol. The molecule has 11 heteroatoms. The van der Waals surface area contributed by atoms with Crippen molar-refractivity contribution in [3.05, 3.63) is 108 Å². The number of aliphatic hydroxyl groups is 1. The zero-order valence-corrected chi connectivity index (χ0v) is 22.8. The van der Waals surface area contributed by atoms with E-state index >= 15 is 0 Å². The molecule has 2 amide bonds. The lowest BCUT2D eigenvalue weighted by Crippen LogP contribution is -2.36. The lowest BCUT2D eigenvalue weighted by molar-refractivity contribution is 0.146. The molecule has 41 heavy (non-hydrogen) atoms. The second kappa shape index (κ2) is 12.5. The molecular weight excluding hydrogens is 547 g/mol. The van der Waals surface area contributed by atoms with Crippen molar-refractivity contribution < 1.29 is 27.4 Å². The monoisotopic (exact) mass is 576 g/mol. The van der Waals surface area contributed by atoms with E-state index in [1.165, 1.54) is 24.3 Å². The van der Waals surface area contributed by atoms with Crippen LogP contribution in [0.15, 0.2) is 96.2 Å². The van der Waals surface area contributed by atoms with Crippen LogP contribution in [0.25, 0.3) is 11.1 Å². The first kappa shape index (κ1) is 28.2. The van der Waals surface area contributed by atoms with Gasteiger partial charge in [-0.1, -0.05) is 24.3 Å². The van der Waals surface area contributed by atoms with E-state index in [4.69, 9.17) is 4.74 Å². The normalized spacial score (nSPS) is 15.3. The van der Waals surface area contributed by atoms with Gasteiger partial charge >= 0.3 is 6.03 Å². The molecule has 1 aromatic heterocycles. The van der Waals surface area contributed by atoms with E-state index in [2.05, 4.69) is 15.6 Å². The lowest BCUT2D eigenvalue weighted by atomic mass is 9.97. The molecule has 5 rings (SSSR count). The van der Waals surface area contributed by atoms with Crippen LogP contribution in [0.2, 0.25) is 0 Å². The number of amides is 2. The first-order valence-electron chi connectivity index (χ1n) is 13.0. The number of aliphatic hydroxyl groups excluding tert-OH is 1. The van der Waals surface area contributed by atoms with Gasteiger partial charge in [-0.25, -0.2) is 22.3 Å². The molecule has 0 unspecified atom stereocenters. The number of nitrogens with zero attached hydrogens (tertiary/aromatic N) is 1. The molecule has 2 heterocycles. The zero-order chi connectivity index (χ0) is 28.8. The van der Waals surface area contributed by atoms with Gasteiger partial charge in [0, 0.05) is 36.7 Å². The SMILES string of the molecule is O=C(Nc1ccc(F)cc1)NS(=O)(=O)c1cccc(-c2ccc3c(c2)CC[C@H](CNC[C@H](O)c2cccnc2)O3)c1. The minimum Gasteiger partial charge on any atom is -0.489 e. The van der Waals surface area contributed by atoms with Crippen LogP contribution in [0.4, 0.5) is 14.9 Å². The Morgan fingerprint density at radius 3 is 2.63 bits per heavy atom. The van der Waals surface area contributed by atoms with E-state index in [9.17, 15) is 22.7 Å². The maximum Gasteiger partial charge on any atom is 0.333 e. The third kappa shape index (κ3) is 7.26. The predicted molar refractivity (Wildman–Crippen MR) is 152 cm³/mol. The number of pyridine rings is 1. The molecule has 0 saturated heterocycles. The van der Waals surface area contributed by atoms with Crippen molar-refractivity contribution in [3.8, 4) is 16.9 Å². The molecule has 9 nitrogen and oxygen atoms in total. The minimum atomic E-state index is -4.16. The summed E-state index contributed by atoms with van der Waals surface area (Å²) in [4.78, 5) is 16.2. The fraction of sp³-hybridized carbons (Fsp3) is 0.200. The second-order valence-corrected chi connectivity index (χ2v) is 11.3. The Morgan fingerprint density at radius 1 is 1.05 bits per heavy atom. The molecule has 0 spiro atoms. The Balaban J connectivity index is 1.19. The van der Waals surface area contributed by atoms with Gasteiger partial charge in [-0.15, -0.1) is 0 Å². The second-order valence-electron chi connectivity index (χ2n) is 9.66. The molecule has 0 saturated carbocycles. The fourth-order valence-corrected chi connectivity index (χ4v) is 5.51. The fourth-order valence-electron chi connectivity index (χ4n) is 4.55. The molecule has 0 bridgehead atoms. The van der Waals surface area contributed by atoms with Gasteiger partial charge in [0.25, 0.3) is 10.0 Å². The highest BCUT2D eigenvalue weighted by atomic mass is 32.2. The Bertz CT molecular complexity index is 1620. The Hall–Kier alpha value is -4.32. The highest BCUT2D eigenvalue weighted by Crippen LogP contribution is 2.32. The van der Waals surface area contributed by atoms with E-state index < -0.39 is 28.0 Å². The van der Waals surface area contributed by atoms with Gasteiger partial charge < -0.3 is 20.5 Å². The van der Waals surface area contributed by atoms with E-state index in [1.54, 1.807) is 30.6 Å². The van der Waals surface area contributed by atoms with Crippen molar-refractivity contribution in [2.45, 2.75) is 29.9 Å². The molecule has 2 atom stereocenters. The van der Waals surface area contributed by atoms with Crippen molar-refractivity contribution in [2.24, 2.45) is 0 Å². The molecule has 3 aromatic carbocycles. The first-order chi connectivity index (χ1) is 19.8. The predicted octanol–water partition coefficient (Wildman–Crippen LogP) is 4.41. The summed E-state index contributed by atoms with van der Waals surface area (Å²) in [5.41, 5.74) is 3.51. The molecule has 0 aliphatic carbocycles. The maximum absolute atomic E-state index is 13.1. The van der Waals surface area contributed by atoms with Crippen molar-refractivity contribution in [1.82, 2.24) is 15.0 Å². The number of urea groups is 1. The molecule has 1 aliphatic rings. The lowest BCUT2D eigenvalue weighted by Gasteiger charge is -2.27. The number of nitrogens with one attached hydrogen (secondary N) is 3. The highest BCUT2D eigenvalue weighted by Gasteiger charge is 2.22. The number of fused-ring (bicyclic) bond motifs is 1. The van der Waals surface area contributed by atoms with Gasteiger partial charge in [0.2, 0.25) is 0 Å². The number of anilines is 1. The summed E-state index contributed by atoms with van der Waals surface area (Å²) in [7, 11) is -4.16. The van der Waals surface area contributed by atoms with Crippen LogP contribution in [-0.2, 0) is 16.4 Å². The van der Waals surface area contributed by atoms with Gasteiger partial charge in [0.05, 0.1) is 11.0 Å². The van der Waals surface area contributed by atoms with E-state index in [1.807, 2.05) is 29.0 Å². The number of ether oxygens (including phenoxy) is 1. The van der Waals surface area contributed by atoms with Crippen LogP contribution < -0.4 is 20.1 Å². The maximum atomic E-state index is 13.1. The van der Waals surface area contributed by atoms with Crippen molar-refractivity contribution in [2.75, 3.05) is 18.4 Å². The zero-order valence-electron chi connectivity index (χ0n) is 22.0. The van der Waals surface area contributed by atoms with E-state index in [-0.39, 0.29) is 16.7 Å². The van der Waals surface area contributed by atoms with Crippen LogP contribution >= 0.6 is 0 Å². The third-order valence-electron chi connectivity index (χ3n) is 6.68. The Labute approximate surface area is 237 Å². The topological polar surface area (TPSA) is 130 Å². The van der Waals surface area contributed by atoms with Crippen LogP contribution in [0.1, 0.15) is 23.7 Å². The summed E-state index contributed by atoms with van der Waals surface area (Å²) < 4.78 is 47.0. The smallest absolute Gasteiger partial charge is 0.333 e. The number of hydrogen-bond acceptors (Lipinski definition) is 7. The largest absolute Gasteiger partial charge is 0.489 e. The van der Waals surface area contributed by atoms with E-state index in [0.29, 0.717) is 18.7 Å². The van der Waals surface area contributed by atoms with Gasteiger partial charge in [-0.3, -0.25) is 4.98 Å². The Morgan fingerprint density at radius 2 is 1.85 bits per heavy atom. The Kier molecular flexibility index (Phi) is 8.58. The number of halogens is 1. The van der Waals surface area contributed by atoms with Gasteiger partial charge in [-0.2, -0.15) is 0 Å². The summed E-state index contributed by atoms with van der Waals surface area (Å²) in [5, 5.41) is 15.9. The van der Waals surface area contributed by atoms with Crippen LogP contribution in [0.5, 0.6) is 5.75 Å². The molecule has 4 aromatic rings. The molecule has 4 N–H and O–H groups in total. The van der Waals surface area contributed by atoms with Crippen molar-refractivity contribution in [1.29, 1.82) is 0 Å². The number of sulfonamides is 1. The number of rotatable bonds is 9. The number of aryl methyl sites for hydroxylation is 1. The average Bonchev–Trinajstić information content (AvgIpc) is 2.98. The van der Waals surface area contributed by atoms with Gasteiger partial charge in [0.15, 0.2) is 0 Å². The number of carbonyl (C=O) groups is 1. The quantitative estimate of drug-likeness (QED) is 0.232. The van der Waals surface area contributed by atoms with Crippen LogP contribution in [0, 0.1) is 5.82 Å². The summed E-state index contributed by atoms with van der Waals surface area (Å²) in [5.74, 6) is 0.293.